The number of benzene rings is 2. The van der Waals surface area contributed by atoms with E-state index in [1.165, 1.54) is 43.2 Å². The summed E-state index contributed by atoms with van der Waals surface area (Å²) in [7, 11) is 0. The molecular weight excluding hydrogens is 380 g/mol. The molecule has 156 valence electrons. The van der Waals surface area contributed by atoms with Crippen LogP contribution in [0.4, 0.5) is 17.6 Å². The summed E-state index contributed by atoms with van der Waals surface area (Å²) in [6.45, 7) is -0.723. The van der Waals surface area contributed by atoms with E-state index < -0.39 is 18.2 Å². The van der Waals surface area contributed by atoms with Crippen LogP contribution in [0.15, 0.2) is 30.3 Å². The van der Waals surface area contributed by atoms with Crippen molar-refractivity contribution in [1.82, 2.24) is 0 Å². The highest BCUT2D eigenvalue weighted by molar-refractivity contribution is 5.68. The normalized spacial score (nSPS) is 23.6. The van der Waals surface area contributed by atoms with Gasteiger partial charge in [0, 0.05) is 0 Å². The molecule has 4 rings (SSSR count). The summed E-state index contributed by atoms with van der Waals surface area (Å²) in [5.41, 5.74) is 1.72. The zero-order valence-electron chi connectivity index (χ0n) is 16.6. The van der Waals surface area contributed by atoms with Crippen LogP contribution in [0, 0.1) is 23.5 Å². The minimum atomic E-state index is -2.93. The van der Waals surface area contributed by atoms with Crippen LogP contribution in [0.5, 0.6) is 5.75 Å². The lowest BCUT2D eigenvalue weighted by atomic mass is 9.64. The Labute approximate surface area is 169 Å². The Kier molecular flexibility index (Phi) is 5.84. The summed E-state index contributed by atoms with van der Waals surface area (Å²) in [5, 5.41) is 0. The Bertz CT molecular complexity index is 862. The molecule has 0 unspecified atom stereocenters. The van der Waals surface area contributed by atoms with Gasteiger partial charge >= 0.3 is 6.61 Å². The molecule has 0 N–H and O–H groups in total. The van der Waals surface area contributed by atoms with Gasteiger partial charge in [-0.2, -0.15) is 8.78 Å². The van der Waals surface area contributed by atoms with Crippen LogP contribution >= 0.6 is 0 Å². The zero-order chi connectivity index (χ0) is 20.5. The molecule has 0 saturated heterocycles. The molecule has 1 fully saturated rings. The van der Waals surface area contributed by atoms with Crippen molar-refractivity contribution >= 4 is 0 Å². The molecule has 29 heavy (non-hydrogen) atoms. The monoisotopic (exact) mass is 406 g/mol. The maximum absolute atomic E-state index is 15.4. The third-order valence-corrected chi connectivity index (χ3v) is 6.67. The van der Waals surface area contributed by atoms with Crippen molar-refractivity contribution in [1.29, 1.82) is 0 Å². The van der Waals surface area contributed by atoms with Crippen molar-refractivity contribution < 1.29 is 22.3 Å². The Hall–Kier alpha value is -2.04. The maximum atomic E-state index is 15.4. The Balaban J connectivity index is 1.64. The first-order valence-electron chi connectivity index (χ1n) is 10.5. The Morgan fingerprint density at radius 1 is 1.07 bits per heavy atom. The van der Waals surface area contributed by atoms with E-state index in [1.54, 1.807) is 0 Å². The minimum Gasteiger partial charge on any atom is -0.435 e. The van der Waals surface area contributed by atoms with E-state index >= 15 is 4.39 Å². The Morgan fingerprint density at radius 2 is 1.83 bits per heavy atom. The van der Waals surface area contributed by atoms with Crippen molar-refractivity contribution in [2.45, 2.75) is 64.4 Å². The predicted molar refractivity (Wildman–Crippen MR) is 105 cm³/mol. The van der Waals surface area contributed by atoms with Gasteiger partial charge in [0.15, 0.2) is 0 Å². The highest BCUT2D eigenvalue weighted by Gasteiger charge is 2.37. The number of hydrogen-bond donors (Lipinski definition) is 0. The van der Waals surface area contributed by atoms with Gasteiger partial charge in [0.05, 0.1) is 5.56 Å². The third-order valence-electron chi connectivity index (χ3n) is 6.67. The number of alkyl halides is 2. The summed E-state index contributed by atoms with van der Waals surface area (Å²) in [5.74, 6) is 0.381. The third kappa shape index (κ3) is 4.01. The highest BCUT2D eigenvalue weighted by atomic mass is 19.3. The second-order valence-corrected chi connectivity index (χ2v) is 8.39. The predicted octanol–water partition coefficient (Wildman–Crippen LogP) is 7.48. The lowest BCUT2D eigenvalue weighted by Crippen LogP contribution is -2.29. The molecular formula is C24H26F4O. The molecule has 0 aliphatic heterocycles. The smallest absolute Gasteiger partial charge is 0.387 e. The molecule has 1 saturated carbocycles. The number of halogens is 4. The molecule has 0 spiro atoms. The van der Waals surface area contributed by atoms with E-state index in [0.29, 0.717) is 23.5 Å². The molecule has 0 heterocycles. The average Bonchev–Trinajstić information content (AvgIpc) is 2.69. The maximum Gasteiger partial charge on any atom is 0.387 e. The van der Waals surface area contributed by atoms with E-state index in [0.717, 1.165) is 37.2 Å². The fraction of sp³-hybridized carbons (Fsp3) is 0.500. The van der Waals surface area contributed by atoms with Crippen LogP contribution in [0.25, 0.3) is 11.1 Å². The van der Waals surface area contributed by atoms with E-state index in [1.807, 2.05) is 0 Å². The standard InChI is InChI=1S/C24H26F4O/c1-2-3-14-4-10-18-16(12-14)7-11-19-20(18)13-21(25)22(23(19)26)15-5-8-17(9-6-15)29-24(27)28/h5-6,8-9,13-14,16,18,24H,2-4,7,10-12H2,1H3/t14-,16-,18+/m1/s1. The summed E-state index contributed by atoms with van der Waals surface area (Å²) in [6, 6.07) is 6.99. The van der Waals surface area contributed by atoms with Gasteiger partial charge in [-0.25, -0.2) is 8.78 Å². The van der Waals surface area contributed by atoms with E-state index in [4.69, 9.17) is 0 Å². The summed E-state index contributed by atoms with van der Waals surface area (Å²) < 4.78 is 59.3. The number of rotatable bonds is 5. The topological polar surface area (TPSA) is 9.23 Å². The molecule has 1 nitrogen and oxygen atoms in total. The van der Waals surface area contributed by atoms with Crippen LogP contribution < -0.4 is 4.74 Å². The van der Waals surface area contributed by atoms with Gasteiger partial charge in [0.1, 0.15) is 17.4 Å². The van der Waals surface area contributed by atoms with Gasteiger partial charge < -0.3 is 4.74 Å². The van der Waals surface area contributed by atoms with Crippen molar-refractivity contribution in [2.75, 3.05) is 0 Å². The van der Waals surface area contributed by atoms with E-state index in [-0.39, 0.29) is 17.2 Å². The summed E-state index contributed by atoms with van der Waals surface area (Å²) in [4.78, 5) is 0. The fourth-order valence-electron chi connectivity index (χ4n) is 5.42. The fourth-order valence-corrected chi connectivity index (χ4v) is 5.42. The molecule has 3 atom stereocenters. The molecule has 2 aliphatic rings. The van der Waals surface area contributed by atoms with Crippen LogP contribution in [0.3, 0.4) is 0 Å². The molecule has 0 aromatic heterocycles. The SMILES string of the molecule is CCC[C@@H]1CC[C@@H]2c3cc(F)c(-c4ccc(OC(F)F)cc4)c(F)c3CC[C@@H]2C1. The summed E-state index contributed by atoms with van der Waals surface area (Å²) >= 11 is 0. The molecule has 2 aromatic carbocycles. The first-order chi connectivity index (χ1) is 14.0. The molecule has 2 aromatic rings. The van der Waals surface area contributed by atoms with Crippen LogP contribution in [0.1, 0.15) is 62.5 Å². The lowest BCUT2D eigenvalue weighted by molar-refractivity contribution is -0.0498. The van der Waals surface area contributed by atoms with Gasteiger partial charge in [-0.1, -0.05) is 31.9 Å². The first-order valence-corrected chi connectivity index (χ1v) is 10.5. The van der Waals surface area contributed by atoms with Gasteiger partial charge in [-0.3, -0.25) is 0 Å². The van der Waals surface area contributed by atoms with Gasteiger partial charge in [0.25, 0.3) is 0 Å². The lowest BCUT2D eigenvalue weighted by Gasteiger charge is -2.41. The molecule has 0 amide bonds. The van der Waals surface area contributed by atoms with Crippen molar-refractivity contribution in [3.8, 4) is 16.9 Å². The van der Waals surface area contributed by atoms with Gasteiger partial charge in [-0.05, 0) is 84.7 Å². The second-order valence-electron chi connectivity index (χ2n) is 8.39. The number of hydrogen-bond acceptors (Lipinski definition) is 1. The second kappa shape index (κ2) is 8.37. The van der Waals surface area contributed by atoms with Crippen LogP contribution in [0.2, 0.25) is 0 Å². The summed E-state index contributed by atoms with van der Waals surface area (Å²) in [6.07, 6.45) is 7.29. The van der Waals surface area contributed by atoms with Gasteiger partial charge in [0.2, 0.25) is 0 Å². The highest BCUT2D eigenvalue weighted by Crippen LogP contribution is 2.49. The quantitative estimate of drug-likeness (QED) is 0.468. The van der Waals surface area contributed by atoms with Crippen molar-refractivity contribution in [3.05, 3.63) is 53.1 Å². The average molecular weight is 406 g/mol. The molecule has 0 bridgehead atoms. The molecule has 2 aliphatic carbocycles. The number of fused-ring (bicyclic) bond motifs is 3. The van der Waals surface area contributed by atoms with Crippen molar-refractivity contribution in [3.63, 3.8) is 0 Å². The zero-order valence-corrected chi connectivity index (χ0v) is 16.6. The van der Waals surface area contributed by atoms with E-state index in [2.05, 4.69) is 11.7 Å². The van der Waals surface area contributed by atoms with Crippen molar-refractivity contribution in [2.24, 2.45) is 11.8 Å². The largest absolute Gasteiger partial charge is 0.435 e. The van der Waals surface area contributed by atoms with Crippen LogP contribution in [-0.2, 0) is 6.42 Å². The van der Waals surface area contributed by atoms with Gasteiger partial charge in [-0.15, -0.1) is 0 Å². The molecule has 0 radical (unpaired) electrons. The minimum absolute atomic E-state index is 0.0331. The van der Waals surface area contributed by atoms with E-state index in [9.17, 15) is 13.2 Å². The van der Waals surface area contributed by atoms with Crippen LogP contribution in [-0.4, -0.2) is 6.61 Å². The Morgan fingerprint density at radius 3 is 2.52 bits per heavy atom. The first kappa shape index (κ1) is 20.2. The molecule has 5 heteroatoms. The number of ether oxygens (including phenoxy) is 1.